The molecule has 0 bridgehead atoms. The van der Waals surface area contributed by atoms with E-state index in [0.717, 1.165) is 6.54 Å². The van der Waals surface area contributed by atoms with E-state index in [1.807, 2.05) is 12.5 Å². The molecule has 1 aromatic heterocycles. The molecule has 1 aliphatic rings. The van der Waals surface area contributed by atoms with Crippen molar-refractivity contribution < 1.29 is 0 Å². The van der Waals surface area contributed by atoms with Gasteiger partial charge in [0, 0.05) is 18.9 Å². The van der Waals surface area contributed by atoms with E-state index in [-0.39, 0.29) is 0 Å². The molecule has 4 heteroatoms. The summed E-state index contributed by atoms with van der Waals surface area (Å²) in [4.78, 5) is 4.12. The minimum atomic E-state index is 0.360. The van der Waals surface area contributed by atoms with Crippen molar-refractivity contribution in [2.45, 2.75) is 30.9 Å². The maximum Gasteiger partial charge on any atom is 0.0946 e. The Morgan fingerprint density at radius 1 is 1.40 bits per heavy atom. The van der Waals surface area contributed by atoms with Crippen LogP contribution < -0.4 is 0 Å². The Bertz CT molecular complexity index is 290. The zero-order valence-corrected chi connectivity index (χ0v) is 11.0. The van der Waals surface area contributed by atoms with Crippen LogP contribution in [0.15, 0.2) is 18.7 Å². The predicted molar refractivity (Wildman–Crippen MR) is 69.3 cm³/mol. The zero-order chi connectivity index (χ0) is 10.7. The molecule has 15 heavy (non-hydrogen) atoms. The van der Waals surface area contributed by atoms with Crippen molar-refractivity contribution in [2.75, 3.05) is 11.5 Å². The highest BCUT2D eigenvalue weighted by Crippen LogP contribution is 2.48. The van der Waals surface area contributed by atoms with Gasteiger partial charge in [0.15, 0.2) is 0 Å². The van der Waals surface area contributed by atoms with Crippen molar-refractivity contribution in [3.05, 3.63) is 18.7 Å². The van der Waals surface area contributed by atoms with Crippen molar-refractivity contribution >= 4 is 23.5 Å². The van der Waals surface area contributed by atoms with Crippen LogP contribution in [0.2, 0.25) is 0 Å². The van der Waals surface area contributed by atoms with Crippen LogP contribution in [-0.2, 0) is 6.54 Å². The summed E-state index contributed by atoms with van der Waals surface area (Å²) in [6.07, 6.45) is 7.22. The molecule has 2 heterocycles. The summed E-state index contributed by atoms with van der Waals surface area (Å²) >= 11 is 4.26. The number of rotatable bonds is 3. The SMILES string of the molecule is CC(C)C1(Cn2ccnc2)SCCCS1. The molecule has 0 aliphatic carbocycles. The fourth-order valence-corrected chi connectivity index (χ4v) is 5.26. The number of hydrogen-bond acceptors (Lipinski definition) is 3. The van der Waals surface area contributed by atoms with Crippen LogP contribution in [0.1, 0.15) is 20.3 Å². The van der Waals surface area contributed by atoms with Crippen molar-refractivity contribution in [2.24, 2.45) is 5.92 Å². The number of aromatic nitrogens is 2. The van der Waals surface area contributed by atoms with Crippen LogP contribution in [0.3, 0.4) is 0 Å². The molecule has 2 rings (SSSR count). The zero-order valence-electron chi connectivity index (χ0n) is 9.35. The van der Waals surface area contributed by atoms with E-state index < -0.39 is 0 Å². The van der Waals surface area contributed by atoms with Gasteiger partial charge in [-0.1, -0.05) is 13.8 Å². The first-order valence-electron chi connectivity index (χ1n) is 5.46. The topological polar surface area (TPSA) is 17.8 Å². The molecule has 0 atom stereocenters. The molecule has 0 aromatic carbocycles. The Labute approximate surface area is 100 Å². The van der Waals surface area contributed by atoms with Crippen molar-refractivity contribution in [3.8, 4) is 0 Å². The molecule has 2 nitrogen and oxygen atoms in total. The van der Waals surface area contributed by atoms with Gasteiger partial charge in [-0.25, -0.2) is 4.98 Å². The van der Waals surface area contributed by atoms with Gasteiger partial charge >= 0.3 is 0 Å². The summed E-state index contributed by atoms with van der Waals surface area (Å²) in [6, 6.07) is 0. The van der Waals surface area contributed by atoms with Gasteiger partial charge in [0.2, 0.25) is 0 Å². The lowest BCUT2D eigenvalue weighted by atomic mass is 10.1. The largest absolute Gasteiger partial charge is 0.335 e. The molecule has 0 saturated carbocycles. The van der Waals surface area contributed by atoms with Crippen molar-refractivity contribution in [1.82, 2.24) is 9.55 Å². The maximum atomic E-state index is 4.12. The first-order chi connectivity index (χ1) is 7.23. The van der Waals surface area contributed by atoms with Crippen LogP contribution in [0.5, 0.6) is 0 Å². The van der Waals surface area contributed by atoms with E-state index in [1.165, 1.54) is 17.9 Å². The van der Waals surface area contributed by atoms with E-state index >= 15 is 0 Å². The summed E-state index contributed by atoms with van der Waals surface area (Å²) in [5.41, 5.74) is 0. The summed E-state index contributed by atoms with van der Waals surface area (Å²) in [6.45, 7) is 5.75. The molecule has 0 unspecified atom stereocenters. The van der Waals surface area contributed by atoms with Gasteiger partial charge in [-0.2, -0.15) is 0 Å². The normalized spacial score (nSPS) is 20.7. The van der Waals surface area contributed by atoms with Crippen LogP contribution in [0.25, 0.3) is 0 Å². The van der Waals surface area contributed by atoms with E-state index in [2.05, 4.69) is 53.1 Å². The molecule has 0 spiro atoms. The van der Waals surface area contributed by atoms with E-state index in [4.69, 9.17) is 0 Å². The Balaban J connectivity index is 2.11. The van der Waals surface area contributed by atoms with Gasteiger partial charge < -0.3 is 4.57 Å². The summed E-state index contributed by atoms with van der Waals surface area (Å²) < 4.78 is 2.57. The van der Waals surface area contributed by atoms with Crippen molar-refractivity contribution in [1.29, 1.82) is 0 Å². The standard InChI is InChI=1S/C11H18N2S2/c1-10(2)11(14-6-3-7-15-11)8-13-5-4-12-9-13/h4-5,9-10H,3,6-8H2,1-2H3. The fourth-order valence-electron chi connectivity index (χ4n) is 1.83. The van der Waals surface area contributed by atoms with Gasteiger partial charge in [0.05, 0.1) is 10.4 Å². The van der Waals surface area contributed by atoms with E-state index in [1.54, 1.807) is 0 Å². The monoisotopic (exact) mass is 242 g/mol. The molecule has 1 aliphatic heterocycles. The lowest BCUT2D eigenvalue weighted by molar-refractivity contribution is 0.495. The lowest BCUT2D eigenvalue weighted by Crippen LogP contribution is -2.35. The van der Waals surface area contributed by atoms with Gasteiger partial charge in [0.1, 0.15) is 0 Å². The number of hydrogen-bond donors (Lipinski definition) is 0. The number of nitrogens with zero attached hydrogens (tertiary/aromatic N) is 2. The third-order valence-electron chi connectivity index (χ3n) is 2.82. The third-order valence-corrected chi connectivity index (χ3v) is 6.69. The van der Waals surface area contributed by atoms with Gasteiger partial charge in [-0.15, -0.1) is 23.5 Å². The highest BCUT2D eigenvalue weighted by atomic mass is 32.2. The summed E-state index contributed by atoms with van der Waals surface area (Å²) in [7, 11) is 0. The van der Waals surface area contributed by atoms with Crippen LogP contribution in [-0.4, -0.2) is 25.1 Å². The average molecular weight is 242 g/mol. The Kier molecular flexibility index (Phi) is 3.67. The van der Waals surface area contributed by atoms with Gasteiger partial charge in [0.25, 0.3) is 0 Å². The minimum absolute atomic E-state index is 0.360. The molecule has 1 saturated heterocycles. The second-order valence-electron chi connectivity index (χ2n) is 4.25. The smallest absolute Gasteiger partial charge is 0.0946 e. The molecular formula is C11H18N2S2. The van der Waals surface area contributed by atoms with Gasteiger partial charge in [-0.3, -0.25) is 0 Å². The highest BCUT2D eigenvalue weighted by molar-refractivity contribution is 8.18. The van der Waals surface area contributed by atoms with E-state index in [0.29, 0.717) is 10.00 Å². The molecule has 1 fully saturated rings. The molecule has 0 radical (unpaired) electrons. The third kappa shape index (κ3) is 2.53. The molecule has 1 aromatic rings. The molecule has 0 amide bonds. The average Bonchev–Trinajstić information content (AvgIpc) is 2.71. The second kappa shape index (κ2) is 4.83. The van der Waals surface area contributed by atoms with Crippen LogP contribution in [0, 0.1) is 5.92 Å². The quantitative estimate of drug-likeness (QED) is 0.811. The van der Waals surface area contributed by atoms with E-state index in [9.17, 15) is 0 Å². The molecule has 84 valence electrons. The van der Waals surface area contributed by atoms with Crippen LogP contribution >= 0.6 is 23.5 Å². The Morgan fingerprint density at radius 3 is 2.67 bits per heavy atom. The molecular weight excluding hydrogens is 224 g/mol. The first-order valence-corrected chi connectivity index (χ1v) is 7.44. The second-order valence-corrected chi connectivity index (χ2v) is 7.36. The molecule has 0 N–H and O–H groups in total. The number of imidazole rings is 1. The number of thioether (sulfide) groups is 2. The summed E-state index contributed by atoms with van der Waals surface area (Å²) in [5.74, 6) is 3.31. The van der Waals surface area contributed by atoms with Crippen molar-refractivity contribution in [3.63, 3.8) is 0 Å². The summed E-state index contributed by atoms with van der Waals surface area (Å²) in [5, 5.41) is 0. The Morgan fingerprint density at radius 2 is 2.13 bits per heavy atom. The Hall–Kier alpha value is -0.0900. The predicted octanol–water partition coefficient (Wildman–Crippen LogP) is 3.11. The van der Waals surface area contributed by atoms with Gasteiger partial charge in [-0.05, 0) is 23.8 Å². The fraction of sp³-hybridized carbons (Fsp3) is 0.727. The first kappa shape index (κ1) is 11.4. The minimum Gasteiger partial charge on any atom is -0.335 e. The highest BCUT2D eigenvalue weighted by Gasteiger charge is 2.37. The maximum absolute atomic E-state index is 4.12. The lowest BCUT2D eigenvalue weighted by Gasteiger charge is -2.39. The van der Waals surface area contributed by atoms with Crippen LogP contribution in [0.4, 0.5) is 0 Å².